The molecule has 0 saturated carbocycles. The zero-order valence-electron chi connectivity index (χ0n) is 7.37. The molecule has 4 nitrogen and oxygen atoms in total. The van der Waals surface area contributed by atoms with Gasteiger partial charge in [-0.3, -0.25) is 0 Å². The van der Waals surface area contributed by atoms with Gasteiger partial charge in [-0.25, -0.2) is 9.50 Å². The van der Waals surface area contributed by atoms with Gasteiger partial charge in [0.05, 0.1) is 6.20 Å². The maximum atomic E-state index is 5.94. The van der Waals surface area contributed by atoms with Crippen LogP contribution in [0, 0.1) is 0 Å². The molecule has 0 aliphatic carbocycles. The first-order valence-electron chi connectivity index (χ1n) is 3.80. The number of fused-ring (bicyclic) bond motifs is 1. The molecule has 0 unspecified atom stereocenters. The van der Waals surface area contributed by atoms with Crippen molar-refractivity contribution < 1.29 is 0 Å². The molecule has 0 fully saturated rings. The van der Waals surface area contributed by atoms with Crippen LogP contribution in [0.4, 0.5) is 0 Å². The summed E-state index contributed by atoms with van der Waals surface area (Å²) in [5, 5.41) is 4.63. The maximum Gasteiger partial charge on any atom is 0.156 e. The van der Waals surface area contributed by atoms with E-state index >= 15 is 0 Å². The summed E-state index contributed by atoms with van der Waals surface area (Å²) in [5.41, 5.74) is 1.80. The van der Waals surface area contributed by atoms with Gasteiger partial charge in [0.25, 0.3) is 0 Å². The molecule has 0 bridgehead atoms. The van der Waals surface area contributed by atoms with Crippen molar-refractivity contribution in [2.24, 2.45) is 0 Å². The van der Waals surface area contributed by atoms with Crippen molar-refractivity contribution in [1.82, 2.24) is 20.7 Å². The van der Waals surface area contributed by atoms with E-state index in [9.17, 15) is 0 Å². The Morgan fingerprint density at radius 3 is 3.00 bits per heavy atom. The third-order valence-corrected chi connectivity index (χ3v) is 2.00. The average Bonchev–Trinajstić information content (AvgIpc) is 2.52. The fraction of sp³-hybridized carbons (Fsp3) is 0.250. The van der Waals surface area contributed by atoms with Gasteiger partial charge in [-0.2, -0.15) is 5.10 Å². The molecule has 2 rings (SSSR count). The van der Waals surface area contributed by atoms with Crippen molar-refractivity contribution in [2.45, 2.75) is 13.3 Å². The molecule has 0 aromatic carbocycles. The predicted molar refractivity (Wildman–Crippen MR) is 52.4 cm³/mol. The van der Waals surface area contributed by atoms with Crippen molar-refractivity contribution in [1.29, 1.82) is 0 Å². The molecule has 0 spiro atoms. The first kappa shape index (κ1) is 9.95. The highest BCUT2D eigenvalue weighted by atomic mass is 35.5. The first-order valence-corrected chi connectivity index (χ1v) is 4.18. The molecule has 0 atom stereocenters. The molecule has 3 N–H and O–H groups in total. The number of aryl methyl sites for hydroxylation is 1. The largest absolute Gasteiger partial charge is 0.344 e. The monoisotopic (exact) mass is 198 g/mol. The van der Waals surface area contributed by atoms with Crippen molar-refractivity contribution >= 4 is 17.2 Å². The number of rotatable bonds is 1. The summed E-state index contributed by atoms with van der Waals surface area (Å²) >= 11 is 5.94. The summed E-state index contributed by atoms with van der Waals surface area (Å²) in [5.74, 6) is 0. The lowest BCUT2D eigenvalue weighted by Gasteiger charge is -1.99. The normalized spacial score (nSPS) is 10.0. The third-order valence-electron chi connectivity index (χ3n) is 1.73. The topological polar surface area (TPSA) is 65.2 Å². The van der Waals surface area contributed by atoms with Crippen LogP contribution in [0.3, 0.4) is 0 Å². The van der Waals surface area contributed by atoms with E-state index in [0.717, 1.165) is 17.8 Å². The van der Waals surface area contributed by atoms with Gasteiger partial charge >= 0.3 is 0 Å². The Morgan fingerprint density at radius 1 is 1.54 bits per heavy atom. The van der Waals surface area contributed by atoms with E-state index in [1.807, 2.05) is 19.1 Å². The highest BCUT2D eigenvalue weighted by Crippen LogP contribution is 2.12. The summed E-state index contributed by atoms with van der Waals surface area (Å²) in [6.07, 6.45) is 2.58. The van der Waals surface area contributed by atoms with E-state index < -0.39 is 0 Å². The minimum atomic E-state index is 0. The van der Waals surface area contributed by atoms with Crippen LogP contribution >= 0.6 is 11.6 Å². The van der Waals surface area contributed by atoms with E-state index in [0.29, 0.717) is 5.15 Å². The summed E-state index contributed by atoms with van der Waals surface area (Å²) < 4.78 is 1.61. The summed E-state index contributed by atoms with van der Waals surface area (Å²) in [7, 11) is 0. The van der Waals surface area contributed by atoms with Crippen LogP contribution in [0.5, 0.6) is 0 Å². The van der Waals surface area contributed by atoms with Crippen molar-refractivity contribution in [3.8, 4) is 0 Å². The fourth-order valence-corrected chi connectivity index (χ4v) is 1.36. The van der Waals surface area contributed by atoms with E-state index in [1.165, 1.54) is 0 Å². The average molecular weight is 199 g/mol. The minimum Gasteiger partial charge on any atom is -0.344 e. The van der Waals surface area contributed by atoms with Gasteiger partial charge in [-0.05, 0) is 12.5 Å². The molecule has 2 aromatic heterocycles. The summed E-state index contributed by atoms with van der Waals surface area (Å²) in [6.45, 7) is 2.05. The zero-order valence-corrected chi connectivity index (χ0v) is 8.12. The standard InChI is InChI=1S/C8H8ClN3.H3N/c1-2-6-5-7(9)12-8(11-6)3-4-10-12;/h3-5H,2H2,1H3;1H3. The van der Waals surface area contributed by atoms with Crippen LogP contribution in [0.25, 0.3) is 5.65 Å². The van der Waals surface area contributed by atoms with Gasteiger partial charge in [0, 0.05) is 11.8 Å². The Morgan fingerprint density at radius 2 is 2.31 bits per heavy atom. The lowest BCUT2D eigenvalue weighted by Crippen LogP contribution is -1.95. The van der Waals surface area contributed by atoms with Crippen LogP contribution in [-0.4, -0.2) is 14.6 Å². The molecule has 13 heavy (non-hydrogen) atoms. The van der Waals surface area contributed by atoms with Gasteiger partial charge in [0.15, 0.2) is 5.65 Å². The lowest BCUT2D eigenvalue weighted by molar-refractivity contribution is 0.913. The zero-order chi connectivity index (χ0) is 8.55. The Labute approximate surface area is 81.1 Å². The minimum absolute atomic E-state index is 0. The Hall–Kier alpha value is -1.13. The Balaban J connectivity index is 0.000000845. The molecule has 5 heteroatoms. The van der Waals surface area contributed by atoms with Crippen LogP contribution in [0.1, 0.15) is 12.6 Å². The van der Waals surface area contributed by atoms with Gasteiger partial charge in [0.2, 0.25) is 0 Å². The van der Waals surface area contributed by atoms with Gasteiger partial charge in [0.1, 0.15) is 5.15 Å². The van der Waals surface area contributed by atoms with Crippen molar-refractivity contribution in [2.75, 3.05) is 0 Å². The molecule has 0 aliphatic heterocycles. The van der Waals surface area contributed by atoms with E-state index in [2.05, 4.69) is 10.1 Å². The molecule has 70 valence electrons. The first-order chi connectivity index (χ1) is 5.81. The fourth-order valence-electron chi connectivity index (χ4n) is 1.10. The highest BCUT2D eigenvalue weighted by Gasteiger charge is 2.01. The third kappa shape index (κ3) is 1.64. The van der Waals surface area contributed by atoms with Crippen LogP contribution < -0.4 is 6.15 Å². The van der Waals surface area contributed by atoms with Crippen LogP contribution in [0.15, 0.2) is 18.3 Å². The number of hydrogen-bond donors (Lipinski definition) is 1. The second kappa shape index (κ2) is 3.72. The molecule has 2 aromatic rings. The molecule has 0 saturated heterocycles. The van der Waals surface area contributed by atoms with Gasteiger partial charge < -0.3 is 6.15 Å². The molecule has 0 amide bonds. The molecular formula is C8H11ClN4. The molecular weight excluding hydrogens is 188 g/mol. The second-order valence-electron chi connectivity index (χ2n) is 2.52. The SMILES string of the molecule is CCc1cc(Cl)n2nccc2n1.N. The van der Waals surface area contributed by atoms with E-state index in [4.69, 9.17) is 11.6 Å². The Bertz CT molecular complexity index is 409. The van der Waals surface area contributed by atoms with Crippen LogP contribution in [0.2, 0.25) is 5.15 Å². The summed E-state index contributed by atoms with van der Waals surface area (Å²) in [6, 6.07) is 3.67. The number of nitrogens with zero attached hydrogens (tertiary/aromatic N) is 3. The number of aromatic nitrogens is 3. The number of halogens is 1. The molecule has 2 heterocycles. The van der Waals surface area contributed by atoms with Gasteiger partial charge in [-0.15, -0.1) is 0 Å². The quantitative estimate of drug-likeness (QED) is 0.714. The second-order valence-corrected chi connectivity index (χ2v) is 2.91. The predicted octanol–water partition coefficient (Wildman–Crippen LogP) is 2.11. The lowest BCUT2D eigenvalue weighted by atomic mass is 10.3. The van der Waals surface area contributed by atoms with E-state index in [1.54, 1.807) is 10.7 Å². The smallest absolute Gasteiger partial charge is 0.156 e. The molecule has 0 radical (unpaired) electrons. The highest BCUT2D eigenvalue weighted by molar-refractivity contribution is 6.29. The summed E-state index contributed by atoms with van der Waals surface area (Å²) in [4.78, 5) is 4.33. The Kier molecular flexibility index (Phi) is 2.85. The van der Waals surface area contributed by atoms with Crippen LogP contribution in [-0.2, 0) is 6.42 Å². The molecule has 0 aliphatic rings. The maximum absolute atomic E-state index is 5.94. The van der Waals surface area contributed by atoms with E-state index in [-0.39, 0.29) is 6.15 Å². The van der Waals surface area contributed by atoms with Gasteiger partial charge in [-0.1, -0.05) is 18.5 Å². The van der Waals surface area contributed by atoms with Crippen molar-refractivity contribution in [3.05, 3.63) is 29.2 Å². The number of hydrogen-bond acceptors (Lipinski definition) is 3. The van der Waals surface area contributed by atoms with Crippen molar-refractivity contribution in [3.63, 3.8) is 0 Å².